The fourth-order valence-corrected chi connectivity index (χ4v) is 2.70. The first-order valence-corrected chi connectivity index (χ1v) is 6.96. The van der Waals surface area contributed by atoms with Crippen LogP contribution in [0, 0.1) is 12.7 Å². The van der Waals surface area contributed by atoms with Crippen LogP contribution in [-0.4, -0.2) is 23.2 Å². The molecule has 1 aliphatic rings. The average molecular weight is 280 g/mol. The molecule has 1 fully saturated rings. The van der Waals surface area contributed by atoms with Crippen molar-refractivity contribution < 1.29 is 14.3 Å². The zero-order valence-electron chi connectivity index (χ0n) is 11.7. The number of anilines is 1. The minimum absolute atomic E-state index is 0.0947. The molecule has 1 saturated carbocycles. The first kappa shape index (κ1) is 14.8. The lowest BCUT2D eigenvalue weighted by atomic mass is 9.82. The predicted molar refractivity (Wildman–Crippen MR) is 75.9 cm³/mol. The summed E-state index contributed by atoms with van der Waals surface area (Å²) in [5.41, 5.74) is 5.91. The van der Waals surface area contributed by atoms with Gasteiger partial charge in [0, 0.05) is 16.8 Å². The van der Waals surface area contributed by atoms with Crippen molar-refractivity contribution in [2.75, 3.05) is 12.3 Å². The molecule has 1 aromatic rings. The summed E-state index contributed by atoms with van der Waals surface area (Å²) in [6, 6.07) is 2.66. The van der Waals surface area contributed by atoms with Crippen molar-refractivity contribution in [2.24, 2.45) is 0 Å². The molecular weight excluding hydrogens is 259 g/mol. The molecule has 0 spiro atoms. The van der Waals surface area contributed by atoms with E-state index in [1.165, 1.54) is 12.1 Å². The predicted octanol–water partition coefficient (Wildman–Crippen LogP) is 2.14. The Labute approximate surface area is 118 Å². The van der Waals surface area contributed by atoms with Crippen molar-refractivity contribution in [3.05, 3.63) is 29.1 Å². The van der Waals surface area contributed by atoms with Crippen molar-refractivity contribution in [2.45, 2.75) is 44.6 Å². The van der Waals surface area contributed by atoms with Gasteiger partial charge in [-0.1, -0.05) is 19.3 Å². The topological polar surface area (TPSA) is 75.4 Å². The monoisotopic (exact) mass is 280 g/mol. The van der Waals surface area contributed by atoms with Crippen LogP contribution in [0.2, 0.25) is 0 Å². The molecule has 110 valence electrons. The van der Waals surface area contributed by atoms with E-state index in [2.05, 4.69) is 5.32 Å². The molecule has 1 aliphatic carbocycles. The minimum Gasteiger partial charge on any atom is -0.398 e. The number of hydrogen-bond donors (Lipinski definition) is 3. The van der Waals surface area contributed by atoms with Gasteiger partial charge < -0.3 is 16.2 Å². The zero-order chi connectivity index (χ0) is 14.8. The van der Waals surface area contributed by atoms with E-state index in [0.717, 1.165) is 32.1 Å². The summed E-state index contributed by atoms with van der Waals surface area (Å²) < 4.78 is 13.6. The number of carbonyl (C=O) groups is 1. The number of hydrogen-bond acceptors (Lipinski definition) is 3. The van der Waals surface area contributed by atoms with Gasteiger partial charge in [-0.05, 0) is 31.9 Å². The summed E-state index contributed by atoms with van der Waals surface area (Å²) >= 11 is 0. The van der Waals surface area contributed by atoms with Gasteiger partial charge in [-0.15, -0.1) is 0 Å². The summed E-state index contributed by atoms with van der Waals surface area (Å²) in [5.74, 6) is -0.872. The minimum atomic E-state index is -0.578. The number of benzene rings is 1. The molecule has 0 heterocycles. The first-order valence-electron chi connectivity index (χ1n) is 6.96. The number of amides is 1. The Hall–Kier alpha value is -1.62. The van der Waals surface area contributed by atoms with Gasteiger partial charge in [0.15, 0.2) is 0 Å². The molecule has 0 radical (unpaired) electrons. The highest BCUT2D eigenvalue weighted by molar-refractivity contribution is 5.95. The Morgan fingerprint density at radius 1 is 1.40 bits per heavy atom. The number of nitrogens with two attached hydrogens (primary N) is 1. The maximum Gasteiger partial charge on any atom is 0.251 e. The Bertz CT molecular complexity index is 488. The van der Waals surface area contributed by atoms with Gasteiger partial charge in [0.2, 0.25) is 0 Å². The molecule has 2 rings (SSSR count). The third kappa shape index (κ3) is 2.93. The van der Waals surface area contributed by atoms with E-state index in [9.17, 15) is 14.3 Å². The van der Waals surface area contributed by atoms with Gasteiger partial charge in [-0.2, -0.15) is 0 Å². The molecule has 0 aromatic heterocycles. The second kappa shape index (κ2) is 5.79. The van der Waals surface area contributed by atoms with E-state index in [-0.39, 0.29) is 23.8 Å². The van der Waals surface area contributed by atoms with Gasteiger partial charge in [0.05, 0.1) is 12.1 Å². The highest BCUT2D eigenvalue weighted by Gasteiger charge is 2.33. The Morgan fingerprint density at radius 2 is 2.05 bits per heavy atom. The lowest BCUT2D eigenvalue weighted by Gasteiger charge is -2.36. The summed E-state index contributed by atoms with van der Waals surface area (Å²) in [4.78, 5) is 12.2. The molecule has 0 unspecified atom stereocenters. The Morgan fingerprint density at radius 3 is 2.60 bits per heavy atom. The van der Waals surface area contributed by atoms with Crippen LogP contribution in [0.1, 0.15) is 48.0 Å². The molecular formula is C15H21FN2O2. The summed E-state index contributed by atoms with van der Waals surface area (Å²) in [7, 11) is 0. The lowest BCUT2D eigenvalue weighted by molar-refractivity contribution is 0.0758. The number of carbonyl (C=O) groups excluding carboxylic acids is 1. The van der Waals surface area contributed by atoms with E-state index in [0.29, 0.717) is 5.56 Å². The first-order chi connectivity index (χ1) is 9.47. The number of aliphatic hydroxyl groups excluding tert-OH is 1. The summed E-state index contributed by atoms with van der Waals surface area (Å²) in [5, 5.41) is 12.4. The molecule has 20 heavy (non-hydrogen) atoms. The number of rotatable bonds is 3. The maximum atomic E-state index is 13.6. The number of nitrogens with one attached hydrogen (secondary N) is 1. The van der Waals surface area contributed by atoms with Crippen LogP contribution in [0.25, 0.3) is 0 Å². The molecule has 4 nitrogen and oxygen atoms in total. The van der Waals surface area contributed by atoms with Gasteiger partial charge in [0.1, 0.15) is 5.82 Å². The van der Waals surface area contributed by atoms with E-state index >= 15 is 0 Å². The molecule has 0 saturated heterocycles. The third-order valence-corrected chi connectivity index (χ3v) is 4.14. The van der Waals surface area contributed by atoms with E-state index < -0.39 is 11.4 Å². The standard InChI is InChI=1S/C15H21FN2O2/c1-10-12(16)7-11(8-13(10)17)14(20)18-15(9-19)5-3-2-4-6-15/h7-8,19H,2-6,9,17H2,1H3,(H,18,20). The number of nitrogen functional groups attached to an aromatic ring is 1. The molecule has 0 bridgehead atoms. The Kier molecular flexibility index (Phi) is 4.28. The van der Waals surface area contributed by atoms with Crippen molar-refractivity contribution in [1.29, 1.82) is 0 Å². The molecule has 0 aliphatic heterocycles. The fourth-order valence-electron chi connectivity index (χ4n) is 2.70. The highest BCUT2D eigenvalue weighted by atomic mass is 19.1. The second-order valence-corrected chi connectivity index (χ2v) is 5.63. The fraction of sp³-hybridized carbons (Fsp3) is 0.533. The highest BCUT2D eigenvalue weighted by Crippen LogP contribution is 2.28. The van der Waals surface area contributed by atoms with Gasteiger partial charge in [-0.25, -0.2) is 4.39 Å². The molecule has 4 N–H and O–H groups in total. The quantitative estimate of drug-likeness (QED) is 0.743. The van der Waals surface area contributed by atoms with Crippen LogP contribution in [0.3, 0.4) is 0 Å². The lowest BCUT2D eigenvalue weighted by Crippen LogP contribution is -2.52. The van der Waals surface area contributed by atoms with Crippen LogP contribution in [-0.2, 0) is 0 Å². The van der Waals surface area contributed by atoms with Gasteiger partial charge >= 0.3 is 0 Å². The Balaban J connectivity index is 2.19. The second-order valence-electron chi connectivity index (χ2n) is 5.63. The smallest absolute Gasteiger partial charge is 0.251 e. The molecule has 5 heteroatoms. The van der Waals surface area contributed by atoms with Crippen LogP contribution < -0.4 is 11.1 Å². The van der Waals surface area contributed by atoms with Crippen molar-refractivity contribution >= 4 is 11.6 Å². The largest absolute Gasteiger partial charge is 0.398 e. The van der Waals surface area contributed by atoms with Crippen molar-refractivity contribution in [1.82, 2.24) is 5.32 Å². The van der Waals surface area contributed by atoms with Crippen LogP contribution >= 0.6 is 0 Å². The molecule has 1 amide bonds. The van der Waals surface area contributed by atoms with Crippen LogP contribution in [0.15, 0.2) is 12.1 Å². The molecule has 1 aromatic carbocycles. The van der Waals surface area contributed by atoms with E-state index in [4.69, 9.17) is 5.73 Å². The van der Waals surface area contributed by atoms with Crippen LogP contribution in [0.5, 0.6) is 0 Å². The van der Waals surface area contributed by atoms with Crippen molar-refractivity contribution in [3.63, 3.8) is 0 Å². The molecule has 0 atom stereocenters. The number of halogens is 1. The normalized spacial score (nSPS) is 17.8. The SMILES string of the molecule is Cc1c(N)cc(C(=O)NC2(CO)CCCCC2)cc1F. The van der Waals surface area contributed by atoms with Crippen molar-refractivity contribution in [3.8, 4) is 0 Å². The van der Waals surface area contributed by atoms with E-state index in [1.807, 2.05) is 0 Å². The van der Waals surface area contributed by atoms with Gasteiger partial charge in [-0.3, -0.25) is 4.79 Å². The number of aliphatic hydroxyl groups is 1. The van der Waals surface area contributed by atoms with Crippen LogP contribution in [0.4, 0.5) is 10.1 Å². The summed E-state index contributed by atoms with van der Waals surface area (Å²) in [6.07, 6.45) is 4.57. The zero-order valence-corrected chi connectivity index (χ0v) is 11.7. The van der Waals surface area contributed by atoms with E-state index in [1.54, 1.807) is 6.92 Å². The summed E-state index contributed by atoms with van der Waals surface area (Å²) in [6.45, 7) is 1.48. The third-order valence-electron chi connectivity index (χ3n) is 4.14. The average Bonchev–Trinajstić information content (AvgIpc) is 2.45. The maximum absolute atomic E-state index is 13.6. The van der Waals surface area contributed by atoms with Gasteiger partial charge in [0.25, 0.3) is 5.91 Å².